The van der Waals surface area contributed by atoms with E-state index in [2.05, 4.69) is 34.6 Å². The van der Waals surface area contributed by atoms with Crippen LogP contribution in [0.25, 0.3) is 0 Å². The Bertz CT molecular complexity index is 724. The molecule has 0 radical (unpaired) electrons. The van der Waals surface area contributed by atoms with Crippen LogP contribution in [0.4, 0.5) is 0 Å². The molecule has 3 aliphatic rings. The fourth-order valence-electron chi connectivity index (χ4n) is 7.38. The minimum atomic E-state index is -0.199. The Labute approximate surface area is 157 Å². The first kappa shape index (κ1) is 18.0. The van der Waals surface area contributed by atoms with E-state index in [1.165, 1.54) is 25.7 Å². The van der Waals surface area contributed by atoms with Crippen molar-refractivity contribution in [2.75, 3.05) is 0 Å². The molecule has 2 aliphatic carbocycles. The average Bonchev–Trinajstić information content (AvgIpc) is 2.53. The molecule has 5 atom stereocenters. The van der Waals surface area contributed by atoms with Gasteiger partial charge in [0.25, 0.3) is 0 Å². The van der Waals surface area contributed by atoms with Gasteiger partial charge in [0.1, 0.15) is 11.4 Å². The highest BCUT2D eigenvalue weighted by Crippen LogP contribution is 2.68. The van der Waals surface area contributed by atoms with Gasteiger partial charge in [0, 0.05) is 17.5 Å². The summed E-state index contributed by atoms with van der Waals surface area (Å²) >= 11 is 0. The minimum Gasteiger partial charge on any atom is -0.504 e. The summed E-state index contributed by atoms with van der Waals surface area (Å²) in [5.74, 6) is 2.16. The standard InChI is InChI=1S/C23H34O3/c1-6-14-15-12-16(24)17(25)13-18(15)26-23(5)11-8-19-21(2,3)9-7-10-22(19,4)20(14)23/h12-14,19-20,24-25H,6-11H2,1-5H3/t14-,19+,20-,22+,23+/m1/s1. The van der Waals surface area contributed by atoms with Crippen molar-refractivity contribution in [3.8, 4) is 17.2 Å². The molecule has 0 bridgehead atoms. The van der Waals surface area contributed by atoms with Crippen molar-refractivity contribution >= 4 is 0 Å². The summed E-state index contributed by atoms with van der Waals surface area (Å²) < 4.78 is 6.60. The third-order valence-corrected chi connectivity index (χ3v) is 8.27. The first-order chi connectivity index (χ1) is 12.1. The zero-order valence-electron chi connectivity index (χ0n) is 16.9. The molecule has 1 aromatic carbocycles. The largest absolute Gasteiger partial charge is 0.504 e. The van der Waals surface area contributed by atoms with E-state index in [1.807, 2.05) is 0 Å². The number of benzene rings is 1. The second-order valence-corrected chi connectivity index (χ2v) is 10.2. The lowest BCUT2D eigenvalue weighted by Gasteiger charge is -2.65. The van der Waals surface area contributed by atoms with Gasteiger partial charge in [-0.25, -0.2) is 0 Å². The number of hydrogen-bond acceptors (Lipinski definition) is 3. The molecule has 1 heterocycles. The highest BCUT2D eigenvalue weighted by molar-refractivity contribution is 5.52. The van der Waals surface area contributed by atoms with Gasteiger partial charge in [-0.05, 0) is 67.8 Å². The maximum Gasteiger partial charge on any atom is 0.161 e. The van der Waals surface area contributed by atoms with E-state index in [1.54, 1.807) is 12.1 Å². The normalized spacial score (nSPS) is 40.7. The van der Waals surface area contributed by atoms with Crippen LogP contribution in [-0.4, -0.2) is 15.8 Å². The van der Waals surface area contributed by atoms with Crippen molar-refractivity contribution < 1.29 is 14.9 Å². The molecule has 0 spiro atoms. The van der Waals surface area contributed by atoms with E-state index in [4.69, 9.17) is 4.74 Å². The van der Waals surface area contributed by atoms with Crippen LogP contribution in [0.1, 0.15) is 84.6 Å². The number of hydrogen-bond donors (Lipinski definition) is 2. The summed E-state index contributed by atoms with van der Waals surface area (Å²) in [6, 6.07) is 3.37. The predicted octanol–water partition coefficient (Wildman–Crippen LogP) is 5.99. The Hall–Kier alpha value is -1.38. The Kier molecular flexibility index (Phi) is 3.85. The maximum atomic E-state index is 10.1. The predicted molar refractivity (Wildman–Crippen MR) is 104 cm³/mol. The van der Waals surface area contributed by atoms with Gasteiger partial charge in [-0.2, -0.15) is 0 Å². The van der Waals surface area contributed by atoms with Crippen LogP contribution < -0.4 is 4.74 Å². The first-order valence-corrected chi connectivity index (χ1v) is 10.4. The Morgan fingerprint density at radius 2 is 1.73 bits per heavy atom. The molecule has 2 saturated carbocycles. The average molecular weight is 359 g/mol. The number of rotatable bonds is 1. The van der Waals surface area contributed by atoms with Gasteiger partial charge in [0.05, 0.1) is 0 Å². The van der Waals surface area contributed by atoms with E-state index in [-0.39, 0.29) is 22.5 Å². The monoisotopic (exact) mass is 358 g/mol. The van der Waals surface area contributed by atoms with Crippen molar-refractivity contribution in [1.29, 1.82) is 0 Å². The summed E-state index contributed by atoms with van der Waals surface area (Å²) in [5.41, 5.74) is 1.51. The minimum absolute atomic E-state index is 0.0316. The van der Waals surface area contributed by atoms with Crippen LogP contribution in [0.15, 0.2) is 12.1 Å². The Morgan fingerprint density at radius 3 is 2.42 bits per heavy atom. The lowest BCUT2D eigenvalue weighted by molar-refractivity contribution is -0.173. The Morgan fingerprint density at radius 1 is 1.04 bits per heavy atom. The zero-order chi connectivity index (χ0) is 18.9. The molecule has 144 valence electrons. The maximum absolute atomic E-state index is 10.1. The van der Waals surface area contributed by atoms with E-state index < -0.39 is 0 Å². The zero-order valence-corrected chi connectivity index (χ0v) is 16.9. The lowest BCUT2D eigenvalue weighted by atomic mass is 9.43. The summed E-state index contributed by atoms with van der Waals surface area (Å²) in [6.07, 6.45) is 7.19. The van der Waals surface area contributed by atoms with Gasteiger partial charge < -0.3 is 14.9 Å². The van der Waals surface area contributed by atoms with Gasteiger partial charge in [0.15, 0.2) is 11.5 Å². The van der Waals surface area contributed by atoms with Crippen molar-refractivity contribution in [2.45, 2.75) is 84.7 Å². The van der Waals surface area contributed by atoms with E-state index >= 15 is 0 Å². The summed E-state index contributed by atoms with van der Waals surface area (Å²) in [5, 5.41) is 20.1. The van der Waals surface area contributed by atoms with Crippen LogP contribution >= 0.6 is 0 Å². The summed E-state index contributed by atoms with van der Waals surface area (Å²) in [6.45, 7) is 12.0. The molecule has 4 rings (SSSR count). The molecule has 3 heteroatoms. The fraction of sp³-hybridized carbons (Fsp3) is 0.739. The van der Waals surface area contributed by atoms with E-state index in [9.17, 15) is 10.2 Å². The second kappa shape index (κ2) is 5.56. The number of phenols is 2. The van der Waals surface area contributed by atoms with Crippen LogP contribution in [0, 0.1) is 22.7 Å². The number of phenolic OH excluding ortho intramolecular Hbond substituents is 2. The van der Waals surface area contributed by atoms with Gasteiger partial charge in [-0.15, -0.1) is 0 Å². The number of fused-ring (bicyclic) bond motifs is 4. The number of aromatic hydroxyl groups is 2. The third-order valence-electron chi connectivity index (χ3n) is 8.27. The van der Waals surface area contributed by atoms with Crippen molar-refractivity contribution in [3.63, 3.8) is 0 Å². The molecular formula is C23H34O3. The van der Waals surface area contributed by atoms with Crippen LogP contribution in [0.3, 0.4) is 0 Å². The van der Waals surface area contributed by atoms with Crippen molar-refractivity contribution in [1.82, 2.24) is 0 Å². The summed E-state index contributed by atoms with van der Waals surface area (Å²) in [7, 11) is 0. The van der Waals surface area contributed by atoms with Gasteiger partial charge >= 0.3 is 0 Å². The lowest BCUT2D eigenvalue weighted by Crippen LogP contribution is -2.62. The topological polar surface area (TPSA) is 49.7 Å². The fourth-order valence-corrected chi connectivity index (χ4v) is 7.38. The molecule has 3 nitrogen and oxygen atoms in total. The first-order valence-electron chi connectivity index (χ1n) is 10.4. The molecule has 2 fully saturated rings. The highest BCUT2D eigenvalue weighted by atomic mass is 16.5. The summed E-state index contributed by atoms with van der Waals surface area (Å²) in [4.78, 5) is 0. The molecule has 0 aromatic heterocycles. The molecule has 2 N–H and O–H groups in total. The van der Waals surface area contributed by atoms with Crippen molar-refractivity contribution in [2.24, 2.45) is 22.7 Å². The molecular weight excluding hydrogens is 324 g/mol. The van der Waals surface area contributed by atoms with Gasteiger partial charge in [-0.3, -0.25) is 0 Å². The SMILES string of the molecule is CC[C@@H]1c2cc(O)c(O)cc2O[C@@]2(C)CC[C@H]3C(C)(C)CCC[C@]3(C)[C@@H]12. The van der Waals surface area contributed by atoms with E-state index in [0.29, 0.717) is 23.2 Å². The molecule has 1 aliphatic heterocycles. The molecule has 26 heavy (non-hydrogen) atoms. The van der Waals surface area contributed by atoms with Gasteiger partial charge in [0.2, 0.25) is 0 Å². The van der Waals surface area contributed by atoms with Gasteiger partial charge in [-0.1, -0.05) is 34.1 Å². The van der Waals surface area contributed by atoms with Crippen LogP contribution in [-0.2, 0) is 0 Å². The Balaban J connectivity index is 1.87. The van der Waals surface area contributed by atoms with Crippen molar-refractivity contribution in [3.05, 3.63) is 17.7 Å². The quantitative estimate of drug-likeness (QED) is 0.607. The molecule has 0 saturated heterocycles. The third kappa shape index (κ3) is 2.31. The second-order valence-electron chi connectivity index (χ2n) is 10.2. The van der Waals surface area contributed by atoms with Crippen LogP contribution in [0.5, 0.6) is 17.2 Å². The smallest absolute Gasteiger partial charge is 0.161 e. The van der Waals surface area contributed by atoms with Crippen LogP contribution in [0.2, 0.25) is 0 Å². The molecule has 0 unspecified atom stereocenters. The van der Waals surface area contributed by atoms with E-state index in [0.717, 1.165) is 24.2 Å². The molecule has 0 amide bonds. The highest BCUT2D eigenvalue weighted by Gasteiger charge is 2.62. The molecule has 1 aromatic rings. The number of ether oxygens (including phenoxy) is 1.